The molecule has 0 aromatic carbocycles. The normalized spacial score (nSPS) is 11.4. The second kappa shape index (κ2) is 5.04. The number of ether oxygens (including phenoxy) is 2. The number of aromatic nitrogens is 1. The van der Waals surface area contributed by atoms with E-state index in [-0.39, 0.29) is 11.4 Å². The lowest BCUT2D eigenvalue weighted by atomic mass is 10.2. The molecular formula is C8H7F3INO3. The predicted molar refractivity (Wildman–Crippen MR) is 56.1 cm³/mol. The zero-order valence-electron chi connectivity index (χ0n) is 8.01. The topological polar surface area (TPSA) is 51.6 Å². The van der Waals surface area contributed by atoms with Crippen LogP contribution in [0.3, 0.4) is 0 Å². The summed E-state index contributed by atoms with van der Waals surface area (Å²) in [7, 11) is 1.17. The van der Waals surface area contributed by atoms with Crippen LogP contribution in [0.5, 0.6) is 11.6 Å². The molecule has 4 nitrogen and oxygen atoms in total. The van der Waals surface area contributed by atoms with E-state index >= 15 is 0 Å². The molecular weight excluding hydrogens is 342 g/mol. The van der Waals surface area contributed by atoms with Crippen molar-refractivity contribution in [1.29, 1.82) is 0 Å². The van der Waals surface area contributed by atoms with E-state index in [1.54, 1.807) is 22.6 Å². The molecule has 1 N–H and O–H groups in total. The molecule has 0 atom stereocenters. The number of hydrogen-bond acceptors (Lipinski definition) is 4. The fourth-order valence-corrected chi connectivity index (χ4v) is 1.60. The molecule has 1 aromatic heterocycles. The summed E-state index contributed by atoms with van der Waals surface area (Å²) in [5, 5.41) is 8.93. The van der Waals surface area contributed by atoms with Crippen molar-refractivity contribution >= 4 is 22.6 Å². The summed E-state index contributed by atoms with van der Waals surface area (Å²) in [5.41, 5.74) is -0.0337. The molecule has 0 aliphatic rings. The summed E-state index contributed by atoms with van der Waals surface area (Å²) in [4.78, 5) is 3.71. The first-order valence-corrected chi connectivity index (χ1v) is 5.05. The molecule has 0 spiro atoms. The van der Waals surface area contributed by atoms with Crippen LogP contribution in [0.1, 0.15) is 5.56 Å². The Morgan fingerprint density at radius 3 is 2.56 bits per heavy atom. The number of hydrogen-bond donors (Lipinski definition) is 1. The number of aliphatic hydroxyl groups excluding tert-OH is 1. The summed E-state index contributed by atoms with van der Waals surface area (Å²) < 4.78 is 45.1. The van der Waals surface area contributed by atoms with Gasteiger partial charge in [0.2, 0.25) is 0 Å². The number of pyridine rings is 1. The van der Waals surface area contributed by atoms with Gasteiger partial charge in [-0.05, 0) is 28.7 Å². The van der Waals surface area contributed by atoms with Gasteiger partial charge in [-0.1, -0.05) is 0 Å². The highest BCUT2D eigenvalue weighted by molar-refractivity contribution is 14.1. The summed E-state index contributed by atoms with van der Waals surface area (Å²) in [5.74, 6) is -0.925. The van der Waals surface area contributed by atoms with Crippen molar-refractivity contribution in [2.45, 2.75) is 13.0 Å². The maximum Gasteiger partial charge on any atom is 0.573 e. The van der Waals surface area contributed by atoms with Gasteiger partial charge in [0.25, 0.3) is 5.88 Å². The summed E-state index contributed by atoms with van der Waals surface area (Å²) in [6.45, 7) is -0.597. The van der Waals surface area contributed by atoms with Crippen molar-refractivity contribution < 1.29 is 27.8 Å². The number of aliphatic hydroxyl groups is 1. The number of nitrogens with zero attached hydrogens (tertiary/aromatic N) is 1. The summed E-state index contributed by atoms with van der Waals surface area (Å²) >= 11 is 1.79. The Labute approximate surface area is 103 Å². The second-order valence-corrected chi connectivity index (χ2v) is 3.75. The SMILES string of the molecule is COc1nc(I)cc(CO)c1OC(F)(F)F. The van der Waals surface area contributed by atoms with E-state index < -0.39 is 18.7 Å². The maximum absolute atomic E-state index is 12.1. The highest BCUT2D eigenvalue weighted by Crippen LogP contribution is 2.34. The Kier molecular flexibility index (Phi) is 4.19. The highest BCUT2D eigenvalue weighted by Gasteiger charge is 2.34. The van der Waals surface area contributed by atoms with Crippen molar-refractivity contribution in [3.05, 3.63) is 15.3 Å². The fourth-order valence-electron chi connectivity index (χ4n) is 1.01. The Bertz CT molecular complexity index is 358. The van der Waals surface area contributed by atoms with Gasteiger partial charge in [0.15, 0.2) is 5.75 Å². The smallest absolute Gasteiger partial charge is 0.478 e. The molecule has 1 aromatic rings. The summed E-state index contributed by atoms with van der Waals surface area (Å²) in [6.07, 6.45) is -4.86. The van der Waals surface area contributed by atoms with E-state index in [9.17, 15) is 13.2 Å². The average molecular weight is 349 g/mol. The van der Waals surface area contributed by atoms with Crippen molar-refractivity contribution in [2.75, 3.05) is 7.11 Å². The molecule has 0 aliphatic heterocycles. The van der Waals surface area contributed by atoms with Crippen molar-refractivity contribution in [1.82, 2.24) is 4.98 Å². The Morgan fingerprint density at radius 2 is 2.12 bits per heavy atom. The number of halogens is 4. The molecule has 0 saturated heterocycles. The van der Waals surface area contributed by atoms with Gasteiger partial charge in [-0.2, -0.15) is 0 Å². The van der Waals surface area contributed by atoms with Gasteiger partial charge in [-0.15, -0.1) is 13.2 Å². The minimum atomic E-state index is -4.86. The van der Waals surface area contributed by atoms with Crippen LogP contribution in [0.15, 0.2) is 6.07 Å². The van der Waals surface area contributed by atoms with Gasteiger partial charge in [0, 0.05) is 5.56 Å². The van der Waals surface area contributed by atoms with Crippen molar-refractivity contribution in [3.63, 3.8) is 0 Å². The zero-order valence-corrected chi connectivity index (χ0v) is 10.2. The molecule has 0 unspecified atom stereocenters. The van der Waals surface area contributed by atoms with Crippen LogP contribution in [0.4, 0.5) is 13.2 Å². The van der Waals surface area contributed by atoms with Gasteiger partial charge < -0.3 is 14.6 Å². The van der Waals surface area contributed by atoms with Gasteiger partial charge in [0.1, 0.15) is 3.70 Å². The van der Waals surface area contributed by atoms with Crippen LogP contribution in [-0.4, -0.2) is 23.6 Å². The average Bonchev–Trinajstić information content (AvgIpc) is 2.18. The van der Waals surface area contributed by atoms with Crippen LogP contribution in [-0.2, 0) is 6.61 Å². The minimum absolute atomic E-state index is 0.0337. The van der Waals surface area contributed by atoms with Gasteiger partial charge in [-0.25, -0.2) is 4.98 Å². The maximum atomic E-state index is 12.1. The van der Waals surface area contributed by atoms with Crippen LogP contribution in [0.25, 0.3) is 0 Å². The predicted octanol–water partition coefficient (Wildman–Crippen LogP) is 2.09. The zero-order chi connectivity index (χ0) is 12.3. The van der Waals surface area contributed by atoms with Crippen molar-refractivity contribution in [3.8, 4) is 11.6 Å². The minimum Gasteiger partial charge on any atom is -0.478 e. The molecule has 0 fully saturated rings. The van der Waals surface area contributed by atoms with E-state index in [2.05, 4.69) is 14.5 Å². The summed E-state index contributed by atoms with van der Waals surface area (Å²) in [6, 6.07) is 1.28. The quantitative estimate of drug-likeness (QED) is 0.671. The third-order valence-electron chi connectivity index (χ3n) is 1.57. The third-order valence-corrected chi connectivity index (χ3v) is 2.12. The van der Waals surface area contributed by atoms with E-state index in [1.165, 1.54) is 13.2 Å². The van der Waals surface area contributed by atoms with E-state index in [0.717, 1.165) is 0 Å². The van der Waals surface area contributed by atoms with Crippen LogP contribution in [0.2, 0.25) is 0 Å². The van der Waals surface area contributed by atoms with E-state index in [0.29, 0.717) is 3.70 Å². The Hall–Kier alpha value is -0.770. The first-order chi connectivity index (χ1) is 7.37. The monoisotopic (exact) mass is 349 g/mol. The van der Waals surface area contributed by atoms with Crippen LogP contribution in [0, 0.1) is 3.70 Å². The fraction of sp³-hybridized carbons (Fsp3) is 0.375. The molecule has 0 radical (unpaired) electrons. The van der Waals surface area contributed by atoms with Gasteiger partial charge in [0.05, 0.1) is 13.7 Å². The molecule has 8 heteroatoms. The first kappa shape index (κ1) is 13.3. The highest BCUT2D eigenvalue weighted by atomic mass is 127. The van der Waals surface area contributed by atoms with Crippen LogP contribution >= 0.6 is 22.6 Å². The molecule has 16 heavy (non-hydrogen) atoms. The number of rotatable bonds is 3. The number of methoxy groups -OCH3 is 1. The first-order valence-electron chi connectivity index (χ1n) is 3.97. The third kappa shape index (κ3) is 3.37. The standard InChI is InChI=1S/C8H7F3INO3/c1-15-7-6(16-8(9,10)11)4(3-14)2-5(12)13-7/h2,14H,3H2,1H3. The molecule has 90 valence electrons. The molecule has 1 rings (SSSR count). The van der Waals surface area contributed by atoms with E-state index in [1.807, 2.05) is 0 Å². The largest absolute Gasteiger partial charge is 0.573 e. The molecule has 0 aliphatic carbocycles. The van der Waals surface area contributed by atoms with Crippen molar-refractivity contribution in [2.24, 2.45) is 0 Å². The van der Waals surface area contributed by atoms with Gasteiger partial charge >= 0.3 is 6.36 Å². The molecule has 0 saturated carbocycles. The molecule has 1 heterocycles. The molecule has 0 amide bonds. The Balaban J connectivity index is 3.22. The molecule has 0 bridgehead atoms. The van der Waals surface area contributed by atoms with Gasteiger partial charge in [-0.3, -0.25) is 0 Å². The second-order valence-electron chi connectivity index (χ2n) is 2.65. The lowest BCUT2D eigenvalue weighted by molar-refractivity contribution is -0.275. The lowest BCUT2D eigenvalue weighted by Crippen LogP contribution is -2.19. The number of alkyl halides is 3. The lowest BCUT2D eigenvalue weighted by Gasteiger charge is -2.14. The van der Waals surface area contributed by atoms with Crippen LogP contribution < -0.4 is 9.47 Å². The Morgan fingerprint density at radius 1 is 1.50 bits per heavy atom. The van der Waals surface area contributed by atoms with E-state index in [4.69, 9.17) is 5.11 Å².